The van der Waals surface area contributed by atoms with E-state index in [4.69, 9.17) is 23.2 Å². The summed E-state index contributed by atoms with van der Waals surface area (Å²) in [5.41, 5.74) is 0.607. The average Bonchev–Trinajstić information content (AvgIpc) is 2.87. The quantitative estimate of drug-likeness (QED) is 0.424. The molecule has 3 aromatic rings. The monoisotopic (exact) mass is 551 g/mol. The Balaban J connectivity index is 2.03. The topological polar surface area (TPSA) is 86.8 Å². The SMILES string of the molecule is CNC(=O)[C@@H](C)N(Cc1ccc(Cl)cc1Cl)C(=O)CN(c1ccc(F)cc1)S(=O)(=O)c1ccccc1. The Labute approximate surface area is 219 Å². The number of hydrogen-bond donors (Lipinski definition) is 1. The van der Waals surface area contributed by atoms with Crippen LogP contribution in [0.2, 0.25) is 10.0 Å². The number of nitrogens with zero attached hydrogens (tertiary/aromatic N) is 2. The summed E-state index contributed by atoms with van der Waals surface area (Å²) in [5.74, 6) is -1.68. The Bertz CT molecular complexity index is 1340. The normalized spacial score (nSPS) is 12.0. The third kappa shape index (κ3) is 6.34. The van der Waals surface area contributed by atoms with E-state index >= 15 is 0 Å². The molecule has 1 N–H and O–H groups in total. The van der Waals surface area contributed by atoms with Crippen LogP contribution in [0.3, 0.4) is 0 Å². The maximum absolute atomic E-state index is 13.6. The fourth-order valence-electron chi connectivity index (χ4n) is 3.48. The minimum atomic E-state index is -4.21. The minimum absolute atomic E-state index is 0.0474. The van der Waals surface area contributed by atoms with Crippen LogP contribution in [0.25, 0.3) is 0 Å². The molecule has 190 valence electrons. The van der Waals surface area contributed by atoms with Crippen LogP contribution in [0.1, 0.15) is 12.5 Å². The molecule has 3 aromatic carbocycles. The largest absolute Gasteiger partial charge is 0.357 e. The van der Waals surface area contributed by atoms with Crippen LogP contribution < -0.4 is 9.62 Å². The number of nitrogens with one attached hydrogen (secondary N) is 1. The van der Waals surface area contributed by atoms with Crippen molar-refractivity contribution in [2.75, 3.05) is 17.9 Å². The molecular formula is C25H24Cl2FN3O4S. The smallest absolute Gasteiger partial charge is 0.264 e. The summed E-state index contributed by atoms with van der Waals surface area (Å²) >= 11 is 12.3. The van der Waals surface area contributed by atoms with Crippen molar-refractivity contribution in [2.24, 2.45) is 0 Å². The highest BCUT2D eigenvalue weighted by Gasteiger charge is 2.32. The second-order valence-corrected chi connectivity index (χ2v) is 10.6. The minimum Gasteiger partial charge on any atom is -0.357 e. The molecule has 0 unspecified atom stereocenters. The van der Waals surface area contributed by atoms with Crippen molar-refractivity contribution < 1.29 is 22.4 Å². The second-order valence-electron chi connectivity index (χ2n) is 7.85. The number of halogens is 3. The lowest BCUT2D eigenvalue weighted by Gasteiger charge is -2.32. The van der Waals surface area contributed by atoms with E-state index in [9.17, 15) is 22.4 Å². The van der Waals surface area contributed by atoms with E-state index in [-0.39, 0.29) is 22.2 Å². The van der Waals surface area contributed by atoms with Gasteiger partial charge in [0.15, 0.2) is 0 Å². The summed E-state index contributed by atoms with van der Waals surface area (Å²) in [7, 11) is -2.78. The Morgan fingerprint density at radius 1 is 1.00 bits per heavy atom. The number of benzene rings is 3. The first-order valence-electron chi connectivity index (χ1n) is 10.8. The highest BCUT2D eigenvalue weighted by molar-refractivity contribution is 7.92. The van der Waals surface area contributed by atoms with Gasteiger partial charge in [-0.1, -0.05) is 47.5 Å². The summed E-state index contributed by atoms with van der Waals surface area (Å²) in [6, 6.07) is 16.1. The number of likely N-dealkylation sites (N-methyl/N-ethyl adjacent to an activating group) is 1. The number of amides is 2. The summed E-state index contributed by atoms with van der Waals surface area (Å²) < 4.78 is 41.5. The van der Waals surface area contributed by atoms with Crippen molar-refractivity contribution in [3.05, 3.63) is 94.2 Å². The molecule has 1 atom stereocenters. The van der Waals surface area contributed by atoms with Gasteiger partial charge in [0.25, 0.3) is 10.0 Å². The van der Waals surface area contributed by atoms with E-state index in [0.29, 0.717) is 10.6 Å². The van der Waals surface area contributed by atoms with Crippen LogP contribution in [-0.2, 0) is 26.2 Å². The lowest BCUT2D eigenvalue weighted by atomic mass is 10.1. The van der Waals surface area contributed by atoms with Crippen molar-refractivity contribution in [3.63, 3.8) is 0 Å². The van der Waals surface area contributed by atoms with E-state index in [2.05, 4.69) is 5.32 Å². The van der Waals surface area contributed by atoms with Gasteiger partial charge in [0.05, 0.1) is 10.6 Å². The zero-order valence-corrected chi connectivity index (χ0v) is 21.8. The van der Waals surface area contributed by atoms with Crippen molar-refractivity contribution in [2.45, 2.75) is 24.4 Å². The van der Waals surface area contributed by atoms with E-state index in [0.717, 1.165) is 16.4 Å². The van der Waals surface area contributed by atoms with Crippen LogP contribution in [-0.4, -0.2) is 44.8 Å². The first kappa shape index (κ1) is 27.4. The number of carbonyl (C=O) groups is 2. The van der Waals surface area contributed by atoms with Gasteiger partial charge >= 0.3 is 0 Å². The predicted octanol–water partition coefficient (Wildman–Crippen LogP) is 4.49. The molecule has 11 heteroatoms. The summed E-state index contributed by atoms with van der Waals surface area (Å²) in [6.45, 7) is 0.802. The van der Waals surface area contributed by atoms with Crippen LogP contribution in [0.4, 0.5) is 10.1 Å². The maximum Gasteiger partial charge on any atom is 0.264 e. The van der Waals surface area contributed by atoms with Crippen LogP contribution in [0.15, 0.2) is 77.7 Å². The Morgan fingerprint density at radius 3 is 2.22 bits per heavy atom. The molecule has 0 fully saturated rings. The van der Waals surface area contributed by atoms with E-state index < -0.39 is 40.2 Å². The molecule has 7 nitrogen and oxygen atoms in total. The molecular weight excluding hydrogens is 528 g/mol. The van der Waals surface area contributed by atoms with Gasteiger partial charge in [0, 0.05) is 23.6 Å². The molecule has 0 aliphatic carbocycles. The molecule has 36 heavy (non-hydrogen) atoms. The molecule has 0 heterocycles. The van der Waals surface area contributed by atoms with Crippen LogP contribution in [0.5, 0.6) is 0 Å². The number of hydrogen-bond acceptors (Lipinski definition) is 4. The number of rotatable bonds is 9. The molecule has 2 amide bonds. The number of sulfonamides is 1. The first-order valence-corrected chi connectivity index (χ1v) is 13.0. The highest BCUT2D eigenvalue weighted by atomic mass is 35.5. The van der Waals surface area contributed by atoms with Gasteiger partial charge in [-0.25, -0.2) is 12.8 Å². The zero-order chi connectivity index (χ0) is 26.5. The molecule has 0 saturated carbocycles. The summed E-state index contributed by atoms with van der Waals surface area (Å²) in [6.07, 6.45) is 0. The van der Waals surface area contributed by atoms with E-state index in [1.165, 1.54) is 49.2 Å². The van der Waals surface area contributed by atoms with Gasteiger partial charge < -0.3 is 10.2 Å². The van der Waals surface area contributed by atoms with Crippen molar-refractivity contribution in [1.82, 2.24) is 10.2 Å². The third-order valence-corrected chi connectivity index (χ3v) is 7.87. The van der Waals surface area contributed by atoms with E-state index in [1.54, 1.807) is 30.3 Å². The third-order valence-electron chi connectivity index (χ3n) is 5.49. The summed E-state index contributed by atoms with van der Waals surface area (Å²) in [4.78, 5) is 27.3. The van der Waals surface area contributed by atoms with Crippen molar-refractivity contribution in [3.8, 4) is 0 Å². The molecule has 0 aliphatic rings. The van der Waals surface area contributed by atoms with Crippen molar-refractivity contribution in [1.29, 1.82) is 0 Å². The van der Waals surface area contributed by atoms with Gasteiger partial charge in [-0.3, -0.25) is 13.9 Å². The molecule has 0 saturated heterocycles. The number of anilines is 1. The standard InChI is InChI=1S/C25H24Cl2FN3O4S/c1-17(25(33)29-2)30(15-18-8-9-19(26)14-23(18)27)24(32)16-31(21-12-10-20(28)11-13-21)36(34,35)22-6-4-3-5-7-22/h3-14,17H,15-16H2,1-2H3,(H,29,33)/t17-/m1/s1. The predicted molar refractivity (Wildman–Crippen MR) is 138 cm³/mol. The van der Waals surface area contributed by atoms with Gasteiger partial charge in [-0.2, -0.15) is 0 Å². The highest BCUT2D eigenvalue weighted by Crippen LogP contribution is 2.26. The van der Waals surface area contributed by atoms with Gasteiger partial charge in [-0.15, -0.1) is 0 Å². The lowest BCUT2D eigenvalue weighted by molar-refractivity contribution is -0.139. The molecule has 0 radical (unpaired) electrons. The molecule has 0 aliphatic heterocycles. The zero-order valence-electron chi connectivity index (χ0n) is 19.5. The van der Waals surface area contributed by atoms with Gasteiger partial charge in [-0.05, 0) is 61.0 Å². The lowest BCUT2D eigenvalue weighted by Crippen LogP contribution is -2.50. The van der Waals surface area contributed by atoms with Gasteiger partial charge in [0.2, 0.25) is 11.8 Å². The maximum atomic E-state index is 13.6. The fraction of sp³-hybridized carbons (Fsp3) is 0.200. The summed E-state index contributed by atoms with van der Waals surface area (Å²) in [5, 5.41) is 3.19. The van der Waals surface area contributed by atoms with Crippen LogP contribution >= 0.6 is 23.2 Å². The van der Waals surface area contributed by atoms with Gasteiger partial charge in [0.1, 0.15) is 18.4 Å². The average molecular weight is 552 g/mol. The Hall–Kier alpha value is -3.14. The Morgan fingerprint density at radius 2 is 1.64 bits per heavy atom. The molecule has 0 aromatic heterocycles. The number of carbonyl (C=O) groups excluding carboxylic acids is 2. The van der Waals surface area contributed by atoms with Crippen LogP contribution in [0, 0.1) is 5.82 Å². The Kier molecular flexibility index (Phi) is 8.94. The molecule has 3 rings (SSSR count). The second kappa shape index (κ2) is 11.7. The first-order chi connectivity index (χ1) is 17.0. The molecule has 0 spiro atoms. The fourth-order valence-corrected chi connectivity index (χ4v) is 5.38. The van der Waals surface area contributed by atoms with E-state index in [1.807, 2.05) is 0 Å². The molecule has 0 bridgehead atoms. The van der Waals surface area contributed by atoms with Crippen molar-refractivity contribution >= 4 is 50.7 Å².